The summed E-state index contributed by atoms with van der Waals surface area (Å²) in [4.78, 5) is 13.8. The number of benzene rings is 1. The van der Waals surface area contributed by atoms with Gasteiger partial charge in [0.15, 0.2) is 5.69 Å². The van der Waals surface area contributed by atoms with Crippen LogP contribution in [0, 0.1) is 0 Å². The molecule has 0 spiro atoms. The lowest BCUT2D eigenvalue weighted by Crippen LogP contribution is -2.26. The summed E-state index contributed by atoms with van der Waals surface area (Å²) in [5.74, 6) is -0.232. The molecule has 0 aliphatic rings. The molecule has 0 aliphatic carbocycles. The Morgan fingerprint density at radius 1 is 1.33 bits per heavy atom. The van der Waals surface area contributed by atoms with Crippen molar-refractivity contribution in [1.82, 2.24) is 9.78 Å². The van der Waals surface area contributed by atoms with Crippen molar-refractivity contribution in [2.45, 2.75) is 6.54 Å². The van der Waals surface area contributed by atoms with Gasteiger partial charge in [-0.2, -0.15) is 5.10 Å². The van der Waals surface area contributed by atoms with E-state index in [1.54, 1.807) is 49.3 Å². The van der Waals surface area contributed by atoms with Gasteiger partial charge in [0.25, 0.3) is 5.91 Å². The zero-order chi connectivity index (χ0) is 15.4. The highest BCUT2D eigenvalue weighted by Gasteiger charge is 2.17. The highest BCUT2D eigenvalue weighted by atomic mass is 35.5. The van der Waals surface area contributed by atoms with Crippen LogP contribution in [0.25, 0.3) is 0 Å². The Kier molecular flexibility index (Phi) is 5.22. The maximum absolute atomic E-state index is 12.4. The second-order valence-electron chi connectivity index (χ2n) is 4.45. The largest absolute Gasteiger partial charge is 0.383 e. The second kappa shape index (κ2) is 6.93. The number of carbonyl (C=O) groups is 1. The zero-order valence-electron chi connectivity index (χ0n) is 11.7. The Labute approximate surface area is 133 Å². The van der Waals surface area contributed by atoms with E-state index >= 15 is 0 Å². The molecule has 0 atom stereocenters. The first kappa shape index (κ1) is 15.8. The van der Waals surface area contributed by atoms with Gasteiger partial charge in [0.05, 0.1) is 13.2 Å². The minimum Gasteiger partial charge on any atom is -0.383 e. The lowest BCUT2D eigenvalue weighted by molar-refractivity contribution is 0.0987. The number of nitrogens with zero attached hydrogens (tertiary/aromatic N) is 3. The average Bonchev–Trinajstić information content (AvgIpc) is 2.91. The fraction of sp³-hybridized carbons (Fsp3) is 0.286. The molecule has 1 amide bonds. The molecule has 7 heteroatoms. The molecule has 2 rings (SSSR count). The molecule has 0 fully saturated rings. The van der Waals surface area contributed by atoms with Crippen LogP contribution in [0.5, 0.6) is 0 Å². The molecular weight excluding hydrogens is 313 g/mol. The van der Waals surface area contributed by atoms with Gasteiger partial charge in [0, 0.05) is 36.1 Å². The zero-order valence-corrected chi connectivity index (χ0v) is 13.2. The van der Waals surface area contributed by atoms with Gasteiger partial charge in [0.1, 0.15) is 0 Å². The summed E-state index contributed by atoms with van der Waals surface area (Å²) in [7, 11) is 3.27. The van der Waals surface area contributed by atoms with Gasteiger partial charge in [-0.15, -0.1) is 0 Å². The first-order valence-corrected chi connectivity index (χ1v) is 7.03. The van der Waals surface area contributed by atoms with Crippen molar-refractivity contribution in [2.75, 3.05) is 25.7 Å². The molecular formula is C14H15Cl2N3O2. The molecule has 1 aromatic carbocycles. The van der Waals surface area contributed by atoms with Crippen LogP contribution in [0.15, 0.2) is 30.5 Å². The normalized spacial score (nSPS) is 10.7. The van der Waals surface area contributed by atoms with Gasteiger partial charge in [-0.1, -0.05) is 23.2 Å². The summed E-state index contributed by atoms with van der Waals surface area (Å²) in [6, 6.07) is 6.63. The number of carbonyl (C=O) groups excluding carboxylic acids is 1. The quantitative estimate of drug-likeness (QED) is 0.847. The Morgan fingerprint density at radius 2 is 2.00 bits per heavy atom. The predicted octanol–water partition coefficient (Wildman–Crippen LogP) is 3.11. The maximum atomic E-state index is 12.4. The van der Waals surface area contributed by atoms with Crippen LogP contribution in [0.2, 0.25) is 10.0 Å². The molecule has 112 valence electrons. The third-order valence-corrected chi connectivity index (χ3v) is 3.36. The molecule has 0 saturated heterocycles. The molecule has 2 aromatic rings. The van der Waals surface area contributed by atoms with Crippen molar-refractivity contribution in [2.24, 2.45) is 0 Å². The highest BCUT2D eigenvalue weighted by Crippen LogP contribution is 2.25. The summed E-state index contributed by atoms with van der Waals surface area (Å²) < 4.78 is 6.64. The van der Waals surface area contributed by atoms with Crippen molar-refractivity contribution in [1.29, 1.82) is 0 Å². The number of rotatable bonds is 5. The van der Waals surface area contributed by atoms with Gasteiger partial charge in [-0.25, -0.2) is 0 Å². The lowest BCUT2D eigenvalue weighted by atomic mass is 10.2. The molecule has 0 unspecified atom stereocenters. The number of anilines is 1. The number of aromatic nitrogens is 2. The van der Waals surface area contributed by atoms with E-state index in [9.17, 15) is 4.79 Å². The van der Waals surface area contributed by atoms with Gasteiger partial charge < -0.3 is 9.64 Å². The number of amides is 1. The average molecular weight is 328 g/mol. The second-order valence-corrected chi connectivity index (χ2v) is 5.32. The third-order valence-electron chi connectivity index (χ3n) is 2.92. The van der Waals surface area contributed by atoms with Gasteiger partial charge in [-0.05, 0) is 24.3 Å². The molecule has 0 N–H and O–H groups in total. The van der Waals surface area contributed by atoms with Crippen LogP contribution in [-0.4, -0.2) is 36.5 Å². The molecule has 0 bridgehead atoms. The molecule has 0 radical (unpaired) electrons. The maximum Gasteiger partial charge on any atom is 0.278 e. The van der Waals surface area contributed by atoms with Crippen molar-refractivity contribution < 1.29 is 9.53 Å². The van der Waals surface area contributed by atoms with Crippen LogP contribution in [0.1, 0.15) is 10.5 Å². The van der Waals surface area contributed by atoms with E-state index in [0.29, 0.717) is 34.6 Å². The number of hydrogen-bond donors (Lipinski definition) is 0. The smallest absolute Gasteiger partial charge is 0.278 e. The van der Waals surface area contributed by atoms with Crippen LogP contribution < -0.4 is 4.90 Å². The molecule has 0 saturated carbocycles. The highest BCUT2D eigenvalue weighted by molar-refractivity contribution is 6.35. The predicted molar refractivity (Wildman–Crippen MR) is 83.3 cm³/mol. The minimum absolute atomic E-state index is 0.232. The van der Waals surface area contributed by atoms with E-state index in [1.807, 2.05) is 0 Å². The third kappa shape index (κ3) is 3.97. The topological polar surface area (TPSA) is 47.4 Å². The van der Waals surface area contributed by atoms with Crippen LogP contribution in [0.4, 0.5) is 5.69 Å². The van der Waals surface area contributed by atoms with Crippen LogP contribution >= 0.6 is 23.2 Å². The van der Waals surface area contributed by atoms with Crippen molar-refractivity contribution in [3.05, 3.63) is 46.2 Å². The van der Waals surface area contributed by atoms with Gasteiger partial charge in [-0.3, -0.25) is 9.48 Å². The number of ether oxygens (including phenoxy) is 1. The SMILES string of the molecule is COCCn1ccc(C(=O)N(C)c2cc(Cl)cc(Cl)c2)n1. The standard InChI is InChI=1S/C14H15Cl2N3O2/c1-18(12-8-10(15)7-11(16)9-12)14(20)13-3-4-19(17-13)5-6-21-2/h3-4,7-9H,5-6H2,1-2H3. The monoisotopic (exact) mass is 327 g/mol. The first-order valence-electron chi connectivity index (χ1n) is 6.28. The van der Waals surface area contributed by atoms with E-state index < -0.39 is 0 Å². The van der Waals surface area contributed by atoms with Crippen LogP contribution in [0.3, 0.4) is 0 Å². The fourth-order valence-electron chi connectivity index (χ4n) is 1.81. The van der Waals surface area contributed by atoms with Crippen LogP contribution in [-0.2, 0) is 11.3 Å². The summed E-state index contributed by atoms with van der Waals surface area (Å²) in [6.07, 6.45) is 1.74. The summed E-state index contributed by atoms with van der Waals surface area (Å²) in [6.45, 7) is 1.13. The molecule has 1 aromatic heterocycles. The van der Waals surface area contributed by atoms with E-state index in [1.165, 1.54) is 4.90 Å². The van der Waals surface area contributed by atoms with E-state index in [0.717, 1.165) is 0 Å². The Morgan fingerprint density at radius 3 is 2.62 bits per heavy atom. The minimum atomic E-state index is -0.232. The van der Waals surface area contributed by atoms with E-state index in [2.05, 4.69) is 5.10 Å². The first-order chi connectivity index (χ1) is 10.0. The summed E-state index contributed by atoms with van der Waals surface area (Å²) >= 11 is 11.9. The number of halogens is 2. The number of methoxy groups -OCH3 is 1. The van der Waals surface area contributed by atoms with E-state index in [4.69, 9.17) is 27.9 Å². The Balaban J connectivity index is 2.16. The molecule has 21 heavy (non-hydrogen) atoms. The van der Waals surface area contributed by atoms with Crippen molar-refractivity contribution >= 4 is 34.8 Å². The van der Waals surface area contributed by atoms with Gasteiger partial charge >= 0.3 is 0 Å². The molecule has 1 heterocycles. The lowest BCUT2D eigenvalue weighted by Gasteiger charge is -2.16. The van der Waals surface area contributed by atoms with E-state index in [-0.39, 0.29) is 5.91 Å². The summed E-state index contributed by atoms with van der Waals surface area (Å²) in [5.41, 5.74) is 0.966. The Hall–Kier alpha value is -1.56. The van der Waals surface area contributed by atoms with Crippen molar-refractivity contribution in [3.63, 3.8) is 0 Å². The fourth-order valence-corrected chi connectivity index (χ4v) is 2.32. The molecule has 0 aliphatic heterocycles. The number of hydrogen-bond acceptors (Lipinski definition) is 3. The molecule has 5 nitrogen and oxygen atoms in total. The Bertz CT molecular complexity index is 623. The summed E-state index contributed by atoms with van der Waals surface area (Å²) in [5, 5.41) is 5.17. The van der Waals surface area contributed by atoms with Gasteiger partial charge in [0.2, 0.25) is 0 Å². The van der Waals surface area contributed by atoms with Crippen molar-refractivity contribution in [3.8, 4) is 0 Å².